The second-order valence-electron chi connectivity index (χ2n) is 17.6. The van der Waals surface area contributed by atoms with Gasteiger partial charge in [0, 0.05) is 55.2 Å². The van der Waals surface area contributed by atoms with Crippen molar-refractivity contribution in [1.82, 2.24) is 29.3 Å². The Morgan fingerprint density at radius 3 is 2.52 bits per heavy atom. The van der Waals surface area contributed by atoms with E-state index >= 15 is 0 Å². The highest BCUT2D eigenvalue weighted by Gasteiger charge is 2.57. The Morgan fingerprint density at radius 1 is 1.02 bits per heavy atom. The summed E-state index contributed by atoms with van der Waals surface area (Å²) in [6, 6.07) is 10.7. The lowest BCUT2D eigenvalue weighted by Crippen LogP contribution is -2.60. The molecule has 6 aliphatic rings. The number of aromatic nitrogens is 4. The SMILES string of the molecule is CC(C)n1cnc2cc(-c3ccc4c(c3)N(C3CC(N5CCCC6(CC6)C5)C3)C(=O)C43CCN(C(=O)C4(C)COC4)CC3)nc(Nc3ccncc3F)c21. The largest absolute Gasteiger partial charge is 0.379 e. The molecular formula is C42H49FN8O3. The predicted octanol–water partition coefficient (Wildman–Crippen LogP) is 6.61. The van der Waals surface area contributed by atoms with Crippen molar-refractivity contribution in [3.05, 3.63) is 60.4 Å². The zero-order valence-electron chi connectivity index (χ0n) is 31.5. The smallest absolute Gasteiger partial charge is 0.238 e. The monoisotopic (exact) mass is 732 g/mol. The highest BCUT2D eigenvalue weighted by atomic mass is 19.1. The summed E-state index contributed by atoms with van der Waals surface area (Å²) in [6.45, 7) is 10.5. The van der Waals surface area contributed by atoms with Crippen LogP contribution in [0.15, 0.2) is 49.1 Å². The number of hydrogen-bond donors (Lipinski definition) is 1. The number of carbonyl (C=O) groups is 2. The molecule has 4 aromatic rings. The molecule has 3 saturated heterocycles. The van der Waals surface area contributed by atoms with Gasteiger partial charge in [0.05, 0.1) is 53.5 Å². The van der Waals surface area contributed by atoms with Gasteiger partial charge in [-0.15, -0.1) is 0 Å². The molecule has 2 amide bonds. The van der Waals surface area contributed by atoms with Crippen molar-refractivity contribution in [2.45, 2.75) is 95.7 Å². The van der Waals surface area contributed by atoms with Crippen LogP contribution in [-0.4, -0.2) is 92.6 Å². The molecule has 0 bridgehead atoms. The van der Waals surface area contributed by atoms with Gasteiger partial charge in [-0.2, -0.15) is 0 Å². The van der Waals surface area contributed by atoms with Gasteiger partial charge in [0.15, 0.2) is 11.6 Å². The van der Waals surface area contributed by atoms with E-state index in [1.807, 2.05) is 22.5 Å². The van der Waals surface area contributed by atoms with Gasteiger partial charge in [-0.3, -0.25) is 19.5 Å². The Bertz CT molecular complexity index is 2160. The topological polar surface area (TPSA) is 109 Å². The summed E-state index contributed by atoms with van der Waals surface area (Å²) >= 11 is 0. The molecule has 4 aliphatic heterocycles. The molecule has 0 radical (unpaired) electrons. The summed E-state index contributed by atoms with van der Waals surface area (Å²) in [6.07, 6.45) is 13.1. The first-order valence-corrected chi connectivity index (χ1v) is 19.9. The number of rotatable bonds is 7. The first-order chi connectivity index (χ1) is 26.1. The van der Waals surface area contributed by atoms with E-state index in [2.05, 4.69) is 52.1 Å². The maximum Gasteiger partial charge on any atom is 0.238 e. The van der Waals surface area contributed by atoms with E-state index in [-0.39, 0.29) is 29.6 Å². The number of halogens is 1. The molecule has 2 spiro atoms. The van der Waals surface area contributed by atoms with E-state index in [0.717, 1.165) is 47.2 Å². The minimum absolute atomic E-state index is 0.110. The molecule has 1 aromatic carbocycles. The molecule has 5 fully saturated rings. The van der Waals surface area contributed by atoms with E-state index in [0.29, 0.717) is 62.1 Å². The number of carbonyl (C=O) groups excluding carboxylic acids is 2. The number of fused-ring (bicyclic) bond motifs is 3. The van der Waals surface area contributed by atoms with Crippen molar-refractivity contribution in [3.8, 4) is 11.3 Å². The van der Waals surface area contributed by atoms with E-state index < -0.39 is 16.6 Å². The quantitative estimate of drug-likeness (QED) is 0.226. The number of ether oxygens (including phenoxy) is 1. The van der Waals surface area contributed by atoms with Gasteiger partial charge in [0.2, 0.25) is 11.8 Å². The summed E-state index contributed by atoms with van der Waals surface area (Å²) in [5.41, 5.74) is 4.82. The summed E-state index contributed by atoms with van der Waals surface area (Å²) in [5, 5.41) is 3.24. The molecular weight excluding hydrogens is 684 g/mol. The van der Waals surface area contributed by atoms with Crippen LogP contribution in [0, 0.1) is 16.6 Å². The van der Waals surface area contributed by atoms with Crippen LogP contribution in [0.25, 0.3) is 22.3 Å². The Kier molecular flexibility index (Phi) is 7.76. The number of imidazole rings is 1. The molecule has 0 unspecified atom stereocenters. The number of pyridine rings is 2. The van der Waals surface area contributed by atoms with Crippen LogP contribution in [0.2, 0.25) is 0 Å². The predicted molar refractivity (Wildman–Crippen MR) is 204 cm³/mol. The summed E-state index contributed by atoms with van der Waals surface area (Å²) in [4.78, 5) is 49.1. The lowest BCUT2D eigenvalue weighted by molar-refractivity contribution is -0.170. The Labute approximate surface area is 315 Å². The molecule has 282 valence electrons. The average molecular weight is 733 g/mol. The highest BCUT2D eigenvalue weighted by Crippen LogP contribution is 2.55. The molecule has 54 heavy (non-hydrogen) atoms. The third kappa shape index (κ3) is 5.30. The highest BCUT2D eigenvalue weighted by molar-refractivity contribution is 6.09. The van der Waals surface area contributed by atoms with Gasteiger partial charge >= 0.3 is 0 Å². The van der Waals surface area contributed by atoms with E-state index in [9.17, 15) is 14.0 Å². The van der Waals surface area contributed by atoms with Crippen molar-refractivity contribution < 1.29 is 18.7 Å². The summed E-state index contributed by atoms with van der Waals surface area (Å²) < 4.78 is 22.3. The Morgan fingerprint density at radius 2 is 1.81 bits per heavy atom. The number of hydrogen-bond acceptors (Lipinski definition) is 8. The number of nitrogens with one attached hydrogen (secondary N) is 1. The molecule has 3 aromatic heterocycles. The van der Waals surface area contributed by atoms with Crippen molar-refractivity contribution >= 4 is 40.0 Å². The molecule has 0 atom stereocenters. The van der Waals surface area contributed by atoms with E-state index in [1.165, 1.54) is 38.4 Å². The number of amides is 2. The number of anilines is 3. The first-order valence-electron chi connectivity index (χ1n) is 19.9. The van der Waals surface area contributed by atoms with Crippen molar-refractivity contribution in [2.24, 2.45) is 10.8 Å². The number of nitrogens with zero attached hydrogens (tertiary/aromatic N) is 7. The third-order valence-corrected chi connectivity index (χ3v) is 13.7. The lowest BCUT2D eigenvalue weighted by Gasteiger charge is -2.49. The number of likely N-dealkylation sites (tertiary alicyclic amines) is 2. The molecule has 11 nitrogen and oxygen atoms in total. The van der Waals surface area contributed by atoms with E-state index in [4.69, 9.17) is 14.7 Å². The maximum atomic E-state index is 15.0. The fraction of sp³-hybridized carbons (Fsp3) is 0.548. The fourth-order valence-corrected chi connectivity index (χ4v) is 10.1. The zero-order valence-corrected chi connectivity index (χ0v) is 31.5. The normalized spacial score (nSPS) is 25.2. The van der Waals surface area contributed by atoms with Gasteiger partial charge in [-0.05, 0) is 108 Å². The average Bonchev–Trinajstić information content (AvgIpc) is 3.65. The second kappa shape index (κ2) is 12.3. The molecule has 7 heterocycles. The van der Waals surface area contributed by atoms with Gasteiger partial charge < -0.3 is 24.4 Å². The van der Waals surface area contributed by atoms with Crippen LogP contribution >= 0.6 is 0 Å². The number of benzene rings is 1. The minimum Gasteiger partial charge on any atom is -0.379 e. The van der Waals surface area contributed by atoms with Crippen LogP contribution in [0.3, 0.4) is 0 Å². The first kappa shape index (κ1) is 34.1. The minimum atomic E-state index is -0.672. The number of piperidine rings is 2. The van der Waals surface area contributed by atoms with Crippen molar-refractivity contribution in [2.75, 3.05) is 49.6 Å². The molecule has 1 N–H and O–H groups in total. The van der Waals surface area contributed by atoms with Crippen LogP contribution in [0.4, 0.5) is 21.6 Å². The summed E-state index contributed by atoms with van der Waals surface area (Å²) in [7, 11) is 0. The second-order valence-corrected chi connectivity index (χ2v) is 17.6. The Hall–Kier alpha value is -4.42. The zero-order chi connectivity index (χ0) is 37.0. The maximum absolute atomic E-state index is 15.0. The Balaban J connectivity index is 1.01. The van der Waals surface area contributed by atoms with E-state index in [1.54, 1.807) is 18.6 Å². The molecule has 10 rings (SSSR count). The van der Waals surface area contributed by atoms with Crippen molar-refractivity contribution in [1.29, 1.82) is 0 Å². The van der Waals surface area contributed by atoms with Gasteiger partial charge in [-0.25, -0.2) is 14.4 Å². The van der Waals surface area contributed by atoms with Crippen molar-refractivity contribution in [3.63, 3.8) is 0 Å². The van der Waals surface area contributed by atoms with Gasteiger partial charge in [0.25, 0.3) is 0 Å². The van der Waals surface area contributed by atoms with Crippen LogP contribution < -0.4 is 10.2 Å². The van der Waals surface area contributed by atoms with Gasteiger partial charge in [0.1, 0.15) is 5.52 Å². The lowest BCUT2D eigenvalue weighted by atomic mass is 9.72. The fourth-order valence-electron chi connectivity index (χ4n) is 10.1. The van der Waals surface area contributed by atoms with Crippen LogP contribution in [-0.2, 0) is 19.7 Å². The molecule has 12 heteroatoms. The molecule has 2 aliphatic carbocycles. The van der Waals surface area contributed by atoms with Crippen LogP contribution in [0.1, 0.15) is 83.7 Å². The standard InChI is InChI=1S/C42H49FN8O3/c1-26(2)50-25-45-34-20-33(47-37(36(34)50)46-32-7-13-44-21-31(32)43)27-5-6-30-35(17-27)51(29-18-28(19-29)49-14-4-8-41(22-49)9-10-41)39(53)42(30)11-15-48(16-12-42)38(52)40(3)23-54-24-40/h5-7,13,17,20-21,25-26,28-29H,4,8-12,14-16,18-19,22-24H2,1-3H3,(H,44,46,47). The molecule has 2 saturated carbocycles. The van der Waals surface area contributed by atoms with Gasteiger partial charge in [-0.1, -0.05) is 12.1 Å². The summed E-state index contributed by atoms with van der Waals surface area (Å²) in [5.74, 6) is 0.345. The third-order valence-electron chi connectivity index (χ3n) is 13.7. The van der Waals surface area contributed by atoms with Crippen LogP contribution in [0.5, 0.6) is 0 Å².